The van der Waals surface area contributed by atoms with Crippen LogP contribution in [0.4, 0.5) is 17.3 Å². The number of aromatic nitrogens is 3. The summed E-state index contributed by atoms with van der Waals surface area (Å²) >= 11 is 0. The number of anilines is 3. The van der Waals surface area contributed by atoms with Crippen LogP contribution in [-0.4, -0.2) is 29.3 Å². The molecule has 174 valence electrons. The Hall–Kier alpha value is -3.76. The standard InChI is InChI=1S/C24H24N6O3S/c25-34(32,33)18-12-10-17(11-13-18)27-24-29-21(15-6-4-5-7-15)19-14-20(28-22(19)30-24)23(31)26-16-8-2-1-3-9-16/h1-3,8-15H,4-7H2,(H,26,31)(H2,25,32,33)(H2,27,28,29,30). The van der Waals surface area contributed by atoms with Gasteiger partial charge in [-0.15, -0.1) is 0 Å². The summed E-state index contributed by atoms with van der Waals surface area (Å²) in [6.07, 6.45) is 4.34. The lowest BCUT2D eigenvalue weighted by Gasteiger charge is -2.12. The van der Waals surface area contributed by atoms with Crippen LogP contribution in [-0.2, 0) is 10.0 Å². The van der Waals surface area contributed by atoms with Gasteiger partial charge in [0.1, 0.15) is 11.3 Å². The third kappa shape index (κ3) is 4.63. The van der Waals surface area contributed by atoms with E-state index >= 15 is 0 Å². The highest BCUT2D eigenvalue weighted by Gasteiger charge is 2.24. The molecule has 0 atom stereocenters. The van der Waals surface area contributed by atoms with Crippen molar-refractivity contribution >= 4 is 44.3 Å². The molecule has 0 aliphatic heterocycles. The fourth-order valence-electron chi connectivity index (χ4n) is 4.30. The zero-order chi connectivity index (χ0) is 23.7. The first kappa shape index (κ1) is 22.1. The van der Waals surface area contributed by atoms with E-state index in [2.05, 4.69) is 20.6 Å². The first-order valence-corrected chi connectivity index (χ1v) is 12.6. The summed E-state index contributed by atoms with van der Waals surface area (Å²) in [4.78, 5) is 25.4. The third-order valence-corrected chi connectivity index (χ3v) is 6.90. The number of nitrogens with one attached hydrogen (secondary N) is 3. The second-order valence-corrected chi connectivity index (χ2v) is 9.94. The lowest BCUT2D eigenvalue weighted by molar-refractivity contribution is 0.102. The Morgan fingerprint density at radius 3 is 2.35 bits per heavy atom. The quantitative estimate of drug-likeness (QED) is 0.327. The molecule has 1 aliphatic rings. The molecule has 0 unspecified atom stereocenters. The molecule has 10 heteroatoms. The van der Waals surface area contributed by atoms with Crippen LogP contribution in [0, 0.1) is 0 Å². The highest BCUT2D eigenvalue weighted by molar-refractivity contribution is 7.89. The predicted molar refractivity (Wildman–Crippen MR) is 131 cm³/mol. The molecule has 4 aromatic rings. The van der Waals surface area contributed by atoms with Crippen molar-refractivity contribution in [3.63, 3.8) is 0 Å². The van der Waals surface area contributed by atoms with Gasteiger partial charge in [0.05, 0.1) is 10.6 Å². The van der Waals surface area contributed by atoms with Gasteiger partial charge < -0.3 is 15.6 Å². The van der Waals surface area contributed by atoms with Crippen molar-refractivity contribution in [3.05, 3.63) is 72.1 Å². The number of para-hydroxylation sites is 1. The molecule has 1 amide bonds. The minimum Gasteiger partial charge on any atom is -0.335 e. The lowest BCUT2D eigenvalue weighted by Crippen LogP contribution is -2.12. The number of carbonyl (C=O) groups excluding carboxylic acids is 1. The molecule has 0 bridgehead atoms. The van der Waals surface area contributed by atoms with Crippen molar-refractivity contribution in [2.75, 3.05) is 10.6 Å². The number of nitrogens with zero attached hydrogens (tertiary/aromatic N) is 2. The molecule has 2 aromatic heterocycles. The largest absolute Gasteiger partial charge is 0.335 e. The SMILES string of the molecule is NS(=O)(=O)c1ccc(Nc2nc(C3CCCC3)c3cc(C(=O)Nc4ccccc4)[nH]c3n2)cc1. The molecule has 34 heavy (non-hydrogen) atoms. The maximum absolute atomic E-state index is 12.8. The molecule has 1 saturated carbocycles. The summed E-state index contributed by atoms with van der Waals surface area (Å²) in [5.74, 6) is 0.404. The van der Waals surface area contributed by atoms with Crippen LogP contribution >= 0.6 is 0 Å². The van der Waals surface area contributed by atoms with E-state index < -0.39 is 10.0 Å². The highest BCUT2D eigenvalue weighted by Crippen LogP contribution is 2.37. The third-order valence-electron chi connectivity index (χ3n) is 5.97. The molecule has 0 saturated heterocycles. The minimum atomic E-state index is -3.77. The van der Waals surface area contributed by atoms with Crippen LogP contribution in [0.25, 0.3) is 11.0 Å². The number of primary sulfonamides is 1. The number of sulfonamides is 1. The van der Waals surface area contributed by atoms with Gasteiger partial charge in [0.15, 0.2) is 0 Å². The number of fused-ring (bicyclic) bond motifs is 1. The summed E-state index contributed by atoms with van der Waals surface area (Å²) in [5, 5.41) is 12.0. The van der Waals surface area contributed by atoms with Gasteiger partial charge in [-0.1, -0.05) is 31.0 Å². The van der Waals surface area contributed by atoms with Gasteiger partial charge >= 0.3 is 0 Å². The monoisotopic (exact) mass is 476 g/mol. The highest BCUT2D eigenvalue weighted by atomic mass is 32.2. The van der Waals surface area contributed by atoms with E-state index in [0.717, 1.165) is 36.8 Å². The van der Waals surface area contributed by atoms with Crippen molar-refractivity contribution in [2.45, 2.75) is 36.5 Å². The summed E-state index contributed by atoms with van der Waals surface area (Å²) in [6.45, 7) is 0. The summed E-state index contributed by atoms with van der Waals surface area (Å²) < 4.78 is 23.0. The fourth-order valence-corrected chi connectivity index (χ4v) is 4.81. The number of benzene rings is 2. The lowest BCUT2D eigenvalue weighted by atomic mass is 10.0. The molecule has 9 nitrogen and oxygen atoms in total. The van der Waals surface area contributed by atoms with E-state index in [4.69, 9.17) is 10.1 Å². The Morgan fingerprint density at radius 2 is 1.68 bits per heavy atom. The molecular formula is C24H24N6O3S. The van der Waals surface area contributed by atoms with Crippen LogP contribution in [0.15, 0.2) is 65.6 Å². The van der Waals surface area contributed by atoms with Gasteiger partial charge in [0, 0.05) is 22.7 Å². The average molecular weight is 477 g/mol. The summed E-state index contributed by atoms with van der Waals surface area (Å²) in [6, 6.07) is 17.1. The summed E-state index contributed by atoms with van der Waals surface area (Å²) in [7, 11) is -3.77. The topological polar surface area (TPSA) is 143 Å². The first-order chi connectivity index (χ1) is 16.4. The first-order valence-electron chi connectivity index (χ1n) is 11.0. The summed E-state index contributed by atoms with van der Waals surface area (Å²) in [5.41, 5.74) is 3.21. The molecular weight excluding hydrogens is 452 g/mol. The molecule has 2 aromatic carbocycles. The van der Waals surface area contributed by atoms with Gasteiger partial charge in [0.2, 0.25) is 16.0 Å². The van der Waals surface area contributed by atoms with E-state index in [1.807, 2.05) is 36.4 Å². The van der Waals surface area contributed by atoms with Gasteiger partial charge in [-0.2, -0.15) is 4.98 Å². The second-order valence-electron chi connectivity index (χ2n) is 8.37. The van der Waals surface area contributed by atoms with E-state index in [0.29, 0.717) is 28.7 Å². The van der Waals surface area contributed by atoms with Gasteiger partial charge in [-0.3, -0.25) is 4.79 Å². The zero-order valence-corrected chi connectivity index (χ0v) is 19.1. The fraction of sp³-hybridized carbons (Fsp3) is 0.208. The van der Waals surface area contributed by atoms with Gasteiger partial charge in [-0.05, 0) is 55.3 Å². The maximum atomic E-state index is 12.8. The van der Waals surface area contributed by atoms with Crippen LogP contribution in [0.2, 0.25) is 0 Å². The Morgan fingerprint density at radius 1 is 0.971 bits per heavy atom. The number of rotatable bonds is 6. The number of nitrogens with two attached hydrogens (primary N) is 1. The molecule has 0 radical (unpaired) electrons. The second kappa shape index (κ2) is 8.88. The number of aromatic amines is 1. The Kier molecular flexibility index (Phi) is 5.76. The number of amides is 1. The number of hydrogen-bond donors (Lipinski definition) is 4. The van der Waals surface area contributed by atoms with Gasteiger partial charge in [-0.25, -0.2) is 18.5 Å². The van der Waals surface area contributed by atoms with Crippen LogP contribution in [0.1, 0.15) is 47.8 Å². The Labute approximate surface area is 196 Å². The van der Waals surface area contributed by atoms with E-state index in [1.54, 1.807) is 12.1 Å². The molecule has 5 N–H and O–H groups in total. The van der Waals surface area contributed by atoms with Crippen molar-refractivity contribution < 1.29 is 13.2 Å². The van der Waals surface area contributed by atoms with Crippen LogP contribution in [0.5, 0.6) is 0 Å². The molecule has 1 aliphatic carbocycles. The van der Waals surface area contributed by atoms with E-state index in [1.165, 1.54) is 12.1 Å². The van der Waals surface area contributed by atoms with E-state index in [-0.39, 0.29) is 16.7 Å². The zero-order valence-electron chi connectivity index (χ0n) is 18.3. The number of carbonyl (C=O) groups is 1. The predicted octanol–water partition coefficient (Wildman–Crippen LogP) is 4.26. The average Bonchev–Trinajstić information content (AvgIpc) is 3.49. The van der Waals surface area contributed by atoms with Crippen molar-refractivity contribution in [2.24, 2.45) is 5.14 Å². The van der Waals surface area contributed by atoms with Crippen LogP contribution in [0.3, 0.4) is 0 Å². The Bertz CT molecular complexity index is 1440. The maximum Gasteiger partial charge on any atom is 0.272 e. The van der Waals surface area contributed by atoms with E-state index in [9.17, 15) is 13.2 Å². The van der Waals surface area contributed by atoms with Crippen molar-refractivity contribution in [3.8, 4) is 0 Å². The smallest absolute Gasteiger partial charge is 0.272 e. The molecule has 1 fully saturated rings. The van der Waals surface area contributed by atoms with Gasteiger partial charge in [0.25, 0.3) is 5.91 Å². The normalized spacial score (nSPS) is 14.4. The van der Waals surface area contributed by atoms with Crippen LogP contribution < -0.4 is 15.8 Å². The molecule has 2 heterocycles. The van der Waals surface area contributed by atoms with Crippen molar-refractivity contribution in [1.29, 1.82) is 0 Å². The molecule has 0 spiro atoms. The number of hydrogen-bond acceptors (Lipinski definition) is 6. The molecule has 5 rings (SSSR count). The Balaban J connectivity index is 1.48. The number of H-pyrrole nitrogens is 1. The minimum absolute atomic E-state index is 0.0273. The van der Waals surface area contributed by atoms with Crippen molar-refractivity contribution in [1.82, 2.24) is 15.0 Å².